The predicted molar refractivity (Wildman–Crippen MR) is 71.5 cm³/mol. The van der Waals surface area contributed by atoms with Gasteiger partial charge >= 0.3 is 5.97 Å². The zero-order chi connectivity index (χ0) is 14.5. The minimum Gasteiger partial charge on any atom is -0.481 e. The minimum absolute atomic E-state index is 0.134. The van der Waals surface area contributed by atoms with Crippen molar-refractivity contribution >= 4 is 5.97 Å². The van der Waals surface area contributed by atoms with Crippen LogP contribution in [-0.2, 0) is 11.2 Å². The Balaban J connectivity index is 2.44. The Labute approximate surface area is 116 Å². The molecule has 0 aliphatic heterocycles. The number of hydrogen-bond donors (Lipinski definition) is 1. The third-order valence-corrected chi connectivity index (χ3v) is 2.61. The highest BCUT2D eigenvalue weighted by atomic mass is 16.5. The third kappa shape index (κ3) is 3.12. The lowest BCUT2D eigenvalue weighted by Gasteiger charge is -2.10. The monoisotopic (exact) mass is 268 g/mol. The molecule has 5 nitrogen and oxygen atoms in total. The van der Waals surface area contributed by atoms with Crippen molar-refractivity contribution in [3.8, 4) is 17.7 Å². The fourth-order valence-corrected chi connectivity index (χ4v) is 1.81. The molecule has 1 aromatic heterocycles. The van der Waals surface area contributed by atoms with Crippen molar-refractivity contribution in [1.82, 2.24) is 4.98 Å². The van der Waals surface area contributed by atoms with Crippen LogP contribution in [0.1, 0.15) is 16.8 Å². The summed E-state index contributed by atoms with van der Waals surface area (Å²) in [6.45, 7) is 1.73. The number of benzene rings is 1. The van der Waals surface area contributed by atoms with E-state index in [0.717, 1.165) is 0 Å². The molecule has 0 aliphatic carbocycles. The van der Waals surface area contributed by atoms with Crippen LogP contribution in [0.4, 0.5) is 0 Å². The van der Waals surface area contributed by atoms with Crippen LogP contribution in [-0.4, -0.2) is 16.1 Å². The van der Waals surface area contributed by atoms with Crippen molar-refractivity contribution in [2.24, 2.45) is 0 Å². The topological polar surface area (TPSA) is 83.2 Å². The van der Waals surface area contributed by atoms with Crippen LogP contribution in [0, 0.1) is 18.3 Å². The summed E-state index contributed by atoms with van der Waals surface area (Å²) in [6.07, 6.45) is -0.239. The number of rotatable bonds is 4. The summed E-state index contributed by atoms with van der Waals surface area (Å²) in [5.74, 6) is -0.323. The predicted octanol–water partition coefficient (Wildman–Crippen LogP) is 2.68. The number of carbonyl (C=O) groups is 1. The zero-order valence-electron chi connectivity index (χ0n) is 10.8. The molecular weight excluding hydrogens is 256 g/mol. The van der Waals surface area contributed by atoms with E-state index in [2.05, 4.69) is 4.98 Å². The van der Waals surface area contributed by atoms with Gasteiger partial charge in [0, 0.05) is 5.69 Å². The molecule has 1 heterocycles. The Bertz CT molecular complexity index is 676. The first kappa shape index (κ1) is 13.6. The highest BCUT2D eigenvalue weighted by molar-refractivity contribution is 5.72. The quantitative estimate of drug-likeness (QED) is 0.921. The third-order valence-electron chi connectivity index (χ3n) is 2.61. The first-order chi connectivity index (χ1) is 9.60. The van der Waals surface area contributed by atoms with Crippen LogP contribution in [0.15, 0.2) is 36.4 Å². The normalized spacial score (nSPS) is 9.80. The van der Waals surface area contributed by atoms with E-state index < -0.39 is 5.97 Å². The molecule has 1 N–H and O–H groups in total. The maximum absolute atomic E-state index is 10.8. The molecule has 0 spiro atoms. The number of carboxylic acid groups (broad SMARTS) is 1. The molecule has 0 aliphatic rings. The summed E-state index contributed by atoms with van der Waals surface area (Å²) >= 11 is 0. The van der Waals surface area contributed by atoms with Gasteiger partial charge in [-0.25, -0.2) is 4.98 Å². The summed E-state index contributed by atoms with van der Waals surface area (Å²) in [5.41, 5.74) is 1.16. The Morgan fingerprint density at radius 2 is 2.10 bits per heavy atom. The Hall–Kier alpha value is -2.87. The molecule has 2 rings (SSSR count). The van der Waals surface area contributed by atoms with E-state index >= 15 is 0 Å². The molecule has 0 saturated heterocycles. The van der Waals surface area contributed by atoms with E-state index in [1.165, 1.54) is 0 Å². The van der Waals surface area contributed by atoms with Gasteiger partial charge in [0.05, 0.1) is 6.42 Å². The maximum atomic E-state index is 10.8. The first-order valence-electron chi connectivity index (χ1n) is 5.95. The van der Waals surface area contributed by atoms with Gasteiger partial charge < -0.3 is 9.84 Å². The van der Waals surface area contributed by atoms with Gasteiger partial charge in [-0.15, -0.1) is 0 Å². The zero-order valence-corrected chi connectivity index (χ0v) is 10.8. The van der Waals surface area contributed by atoms with Crippen molar-refractivity contribution in [3.63, 3.8) is 0 Å². The molecule has 20 heavy (non-hydrogen) atoms. The average molecular weight is 268 g/mol. The van der Waals surface area contributed by atoms with E-state index in [1.54, 1.807) is 37.3 Å². The highest BCUT2D eigenvalue weighted by Crippen LogP contribution is 2.26. The average Bonchev–Trinajstić information content (AvgIpc) is 2.39. The summed E-state index contributed by atoms with van der Waals surface area (Å²) in [6, 6.07) is 12.5. The van der Waals surface area contributed by atoms with Gasteiger partial charge in [0.15, 0.2) is 0 Å². The van der Waals surface area contributed by atoms with Crippen molar-refractivity contribution in [2.45, 2.75) is 13.3 Å². The summed E-state index contributed by atoms with van der Waals surface area (Å²) in [7, 11) is 0. The van der Waals surface area contributed by atoms with Gasteiger partial charge in [-0.1, -0.05) is 18.2 Å². The minimum atomic E-state index is -1.00. The summed E-state index contributed by atoms with van der Waals surface area (Å²) in [4.78, 5) is 15.0. The van der Waals surface area contributed by atoms with E-state index in [-0.39, 0.29) is 17.9 Å². The molecular formula is C15H12N2O3. The molecule has 1 aromatic carbocycles. The standard InChI is InChI=1S/C15H12N2O3/c1-10-7-11(8-14(18)19)13(9-16)15(17-10)20-12-5-3-2-4-6-12/h2-7H,8H2,1H3,(H,18,19). The number of ether oxygens (including phenoxy) is 1. The highest BCUT2D eigenvalue weighted by Gasteiger charge is 2.15. The number of hydrogen-bond acceptors (Lipinski definition) is 4. The Morgan fingerprint density at radius 1 is 1.40 bits per heavy atom. The van der Waals surface area contributed by atoms with Gasteiger partial charge in [-0.3, -0.25) is 4.79 Å². The lowest BCUT2D eigenvalue weighted by molar-refractivity contribution is -0.136. The van der Waals surface area contributed by atoms with E-state index in [1.807, 2.05) is 12.1 Å². The number of carboxylic acids is 1. The van der Waals surface area contributed by atoms with Crippen LogP contribution >= 0.6 is 0 Å². The van der Waals surface area contributed by atoms with Crippen LogP contribution in [0.5, 0.6) is 11.6 Å². The SMILES string of the molecule is Cc1cc(CC(=O)O)c(C#N)c(Oc2ccccc2)n1. The molecule has 0 amide bonds. The Kier molecular flexibility index (Phi) is 3.96. The number of pyridine rings is 1. The van der Waals surface area contributed by atoms with Gasteiger partial charge in [0.2, 0.25) is 5.88 Å². The van der Waals surface area contributed by atoms with Gasteiger partial charge in [-0.05, 0) is 30.7 Å². The second kappa shape index (κ2) is 5.85. The molecule has 0 atom stereocenters. The van der Waals surface area contributed by atoms with Crippen LogP contribution in [0.2, 0.25) is 0 Å². The van der Waals surface area contributed by atoms with Crippen molar-refractivity contribution in [3.05, 3.63) is 53.2 Å². The van der Waals surface area contributed by atoms with Gasteiger partial charge in [0.1, 0.15) is 17.4 Å². The lowest BCUT2D eigenvalue weighted by Crippen LogP contribution is -2.05. The molecule has 100 valence electrons. The van der Waals surface area contributed by atoms with E-state index in [0.29, 0.717) is 17.0 Å². The summed E-state index contributed by atoms with van der Waals surface area (Å²) < 4.78 is 5.58. The summed E-state index contributed by atoms with van der Waals surface area (Å²) in [5, 5.41) is 18.1. The molecule has 0 bridgehead atoms. The number of aliphatic carboxylic acids is 1. The molecule has 0 unspecified atom stereocenters. The number of aryl methyl sites for hydroxylation is 1. The second-order valence-corrected chi connectivity index (χ2v) is 4.20. The maximum Gasteiger partial charge on any atom is 0.307 e. The number of nitrogens with zero attached hydrogens (tertiary/aromatic N) is 2. The Morgan fingerprint density at radius 3 is 2.70 bits per heavy atom. The fraction of sp³-hybridized carbons (Fsp3) is 0.133. The number of nitriles is 1. The molecule has 2 aromatic rings. The smallest absolute Gasteiger partial charge is 0.307 e. The van der Waals surface area contributed by atoms with Crippen LogP contribution in [0.3, 0.4) is 0 Å². The molecule has 0 saturated carbocycles. The van der Waals surface area contributed by atoms with Crippen molar-refractivity contribution in [2.75, 3.05) is 0 Å². The number of para-hydroxylation sites is 1. The van der Waals surface area contributed by atoms with Crippen molar-refractivity contribution in [1.29, 1.82) is 5.26 Å². The van der Waals surface area contributed by atoms with Gasteiger partial charge in [-0.2, -0.15) is 5.26 Å². The molecule has 5 heteroatoms. The second-order valence-electron chi connectivity index (χ2n) is 4.20. The van der Waals surface area contributed by atoms with Crippen LogP contribution < -0.4 is 4.74 Å². The van der Waals surface area contributed by atoms with E-state index in [9.17, 15) is 10.1 Å². The van der Waals surface area contributed by atoms with Crippen LogP contribution in [0.25, 0.3) is 0 Å². The molecule has 0 fully saturated rings. The van der Waals surface area contributed by atoms with E-state index in [4.69, 9.17) is 9.84 Å². The lowest BCUT2D eigenvalue weighted by atomic mass is 10.1. The number of aromatic nitrogens is 1. The molecule has 0 radical (unpaired) electrons. The first-order valence-corrected chi connectivity index (χ1v) is 5.95. The largest absolute Gasteiger partial charge is 0.481 e. The fourth-order valence-electron chi connectivity index (χ4n) is 1.81. The van der Waals surface area contributed by atoms with Crippen molar-refractivity contribution < 1.29 is 14.6 Å². The van der Waals surface area contributed by atoms with Gasteiger partial charge in [0.25, 0.3) is 0 Å².